The number of carboxylic acids is 1. The molecule has 0 fully saturated rings. The number of rotatable bonds is 14. The van der Waals surface area contributed by atoms with Gasteiger partial charge in [0.2, 0.25) is 0 Å². The maximum Gasteiger partial charge on any atom is 0.306 e. The Bertz CT molecular complexity index is 1510. The highest BCUT2D eigenvalue weighted by Crippen LogP contribution is 2.45. The van der Waals surface area contributed by atoms with E-state index in [9.17, 15) is 14.7 Å². The summed E-state index contributed by atoms with van der Waals surface area (Å²) in [6.45, 7) is 8.68. The number of ether oxygens (including phenoxy) is 3. The SMILES string of the molecule is COc1c(OCCCN(C)CCCc2ccccc2Cl)cccc1[C@@H]1O[C@@H](CC(=O)O)C(=O)N(CC(C)(C)C)c2ccc(Cl)cc21.Cl. The van der Waals surface area contributed by atoms with Gasteiger partial charge in [-0.3, -0.25) is 9.59 Å². The zero-order valence-corrected chi connectivity index (χ0v) is 30.0. The van der Waals surface area contributed by atoms with E-state index >= 15 is 0 Å². The van der Waals surface area contributed by atoms with Crippen molar-refractivity contribution in [1.29, 1.82) is 0 Å². The van der Waals surface area contributed by atoms with Gasteiger partial charge in [0.05, 0.1) is 20.1 Å². The Labute approximate surface area is 294 Å². The normalized spacial score (nSPS) is 16.3. The molecule has 1 aliphatic heterocycles. The van der Waals surface area contributed by atoms with Gasteiger partial charge in [-0.15, -0.1) is 12.4 Å². The molecule has 0 unspecified atom stereocenters. The lowest BCUT2D eigenvalue weighted by Gasteiger charge is -2.31. The summed E-state index contributed by atoms with van der Waals surface area (Å²) < 4.78 is 18.5. The summed E-state index contributed by atoms with van der Waals surface area (Å²) in [4.78, 5) is 29.6. The predicted octanol–water partition coefficient (Wildman–Crippen LogP) is 8.10. The van der Waals surface area contributed by atoms with Crippen LogP contribution in [0.25, 0.3) is 0 Å². The van der Waals surface area contributed by atoms with Crippen molar-refractivity contribution in [1.82, 2.24) is 4.90 Å². The van der Waals surface area contributed by atoms with Gasteiger partial charge in [-0.2, -0.15) is 0 Å². The Morgan fingerprint density at radius 2 is 1.74 bits per heavy atom. The minimum absolute atomic E-state index is 0. The number of carbonyl (C=O) groups is 2. The monoisotopic (exact) mass is 706 g/mol. The number of carboxylic acid groups (broad SMARTS) is 1. The van der Waals surface area contributed by atoms with Crippen LogP contribution in [0.4, 0.5) is 5.69 Å². The lowest BCUT2D eigenvalue weighted by Crippen LogP contribution is -2.44. The average molecular weight is 708 g/mol. The molecule has 8 nitrogen and oxygen atoms in total. The quantitative estimate of drug-likeness (QED) is 0.170. The number of carbonyl (C=O) groups excluding carboxylic acids is 1. The largest absolute Gasteiger partial charge is 0.492 e. The smallest absolute Gasteiger partial charge is 0.306 e. The van der Waals surface area contributed by atoms with Gasteiger partial charge in [0.1, 0.15) is 12.2 Å². The number of para-hydroxylation sites is 1. The Hall–Kier alpha value is -3.01. The van der Waals surface area contributed by atoms with E-state index in [1.165, 1.54) is 0 Å². The molecule has 1 aliphatic rings. The van der Waals surface area contributed by atoms with Crippen molar-refractivity contribution in [2.24, 2.45) is 5.41 Å². The van der Waals surface area contributed by atoms with E-state index in [4.69, 9.17) is 37.4 Å². The number of halogens is 3. The van der Waals surface area contributed by atoms with E-state index in [0.29, 0.717) is 46.5 Å². The molecule has 3 aromatic carbocycles. The molecule has 0 saturated heterocycles. The molecular weight excluding hydrogens is 663 g/mol. The maximum atomic E-state index is 13.8. The van der Waals surface area contributed by atoms with E-state index in [1.54, 1.807) is 30.2 Å². The minimum Gasteiger partial charge on any atom is -0.492 e. The molecule has 1 heterocycles. The third-order valence-corrected chi connectivity index (χ3v) is 8.38. The molecule has 0 aromatic heterocycles. The molecule has 47 heavy (non-hydrogen) atoms. The summed E-state index contributed by atoms with van der Waals surface area (Å²) >= 11 is 12.8. The van der Waals surface area contributed by atoms with Gasteiger partial charge in [-0.25, -0.2) is 0 Å². The van der Waals surface area contributed by atoms with Crippen LogP contribution in [-0.2, 0) is 20.7 Å². The van der Waals surface area contributed by atoms with Crippen molar-refractivity contribution in [2.75, 3.05) is 45.3 Å². The fourth-order valence-corrected chi connectivity index (χ4v) is 6.09. The third-order valence-electron chi connectivity index (χ3n) is 7.78. The van der Waals surface area contributed by atoms with Gasteiger partial charge in [0.25, 0.3) is 5.91 Å². The Morgan fingerprint density at radius 3 is 2.43 bits per heavy atom. The lowest BCUT2D eigenvalue weighted by atomic mass is 9.94. The second-order valence-corrected chi connectivity index (χ2v) is 13.7. The number of anilines is 1. The number of benzene rings is 3. The van der Waals surface area contributed by atoms with E-state index in [1.807, 2.05) is 57.2 Å². The predicted molar refractivity (Wildman–Crippen MR) is 190 cm³/mol. The van der Waals surface area contributed by atoms with Crippen LogP contribution >= 0.6 is 35.6 Å². The molecule has 1 amide bonds. The van der Waals surface area contributed by atoms with Crippen molar-refractivity contribution < 1.29 is 28.9 Å². The van der Waals surface area contributed by atoms with Crippen LogP contribution in [0.1, 0.15) is 62.8 Å². The zero-order valence-electron chi connectivity index (χ0n) is 27.6. The highest BCUT2D eigenvalue weighted by molar-refractivity contribution is 6.31. The van der Waals surface area contributed by atoms with Crippen LogP contribution in [0.3, 0.4) is 0 Å². The van der Waals surface area contributed by atoms with Gasteiger partial charge in [0, 0.05) is 39.9 Å². The van der Waals surface area contributed by atoms with Crippen molar-refractivity contribution in [3.05, 3.63) is 87.4 Å². The first-order valence-corrected chi connectivity index (χ1v) is 16.3. The molecule has 2 atom stereocenters. The van der Waals surface area contributed by atoms with Crippen LogP contribution in [0.5, 0.6) is 11.5 Å². The maximum absolute atomic E-state index is 13.8. The van der Waals surface area contributed by atoms with Crippen LogP contribution in [0.15, 0.2) is 60.7 Å². The summed E-state index contributed by atoms with van der Waals surface area (Å²) in [5.74, 6) is -0.553. The van der Waals surface area contributed by atoms with Crippen LogP contribution in [0.2, 0.25) is 10.0 Å². The number of methoxy groups -OCH3 is 1. The van der Waals surface area contributed by atoms with Gasteiger partial charge in [-0.1, -0.05) is 74.3 Å². The lowest BCUT2D eigenvalue weighted by molar-refractivity contribution is -0.147. The van der Waals surface area contributed by atoms with Crippen molar-refractivity contribution in [2.45, 2.75) is 58.7 Å². The number of amides is 1. The molecule has 4 rings (SSSR count). The molecule has 1 N–H and O–H groups in total. The van der Waals surface area contributed by atoms with E-state index in [2.05, 4.69) is 18.0 Å². The van der Waals surface area contributed by atoms with Crippen molar-refractivity contribution in [3.8, 4) is 11.5 Å². The average Bonchev–Trinajstić information content (AvgIpc) is 3.09. The fourth-order valence-electron chi connectivity index (χ4n) is 5.68. The van der Waals surface area contributed by atoms with Crippen LogP contribution in [-0.4, -0.2) is 68.4 Å². The topological polar surface area (TPSA) is 88.5 Å². The summed E-state index contributed by atoms with van der Waals surface area (Å²) in [6.07, 6.45) is 0.179. The Balaban J connectivity index is 0.00000600. The molecule has 11 heteroatoms. The van der Waals surface area contributed by atoms with Gasteiger partial charge in [0.15, 0.2) is 11.5 Å². The number of fused-ring (bicyclic) bond motifs is 1. The van der Waals surface area contributed by atoms with Gasteiger partial charge < -0.3 is 29.1 Å². The molecule has 3 aromatic rings. The fraction of sp³-hybridized carbons (Fsp3) is 0.444. The number of nitrogens with zero attached hydrogens (tertiary/aromatic N) is 2. The number of aryl methyl sites for hydroxylation is 1. The Morgan fingerprint density at radius 1 is 1.02 bits per heavy atom. The van der Waals surface area contributed by atoms with Crippen molar-refractivity contribution >= 4 is 53.2 Å². The number of hydrogen-bond donors (Lipinski definition) is 1. The van der Waals surface area contributed by atoms with Gasteiger partial charge in [-0.05, 0) is 74.2 Å². The highest BCUT2D eigenvalue weighted by atomic mass is 35.5. The summed E-state index contributed by atoms with van der Waals surface area (Å²) in [5.41, 5.74) is 2.77. The summed E-state index contributed by atoms with van der Waals surface area (Å²) in [6, 6.07) is 18.7. The second kappa shape index (κ2) is 17.4. The molecule has 0 radical (unpaired) electrons. The first-order valence-electron chi connectivity index (χ1n) is 15.6. The standard InChI is InChI=1S/C36H44Cl2N2O6.ClH/c1-36(2,3)23-40-29-17-16-25(37)21-27(29)33(46-31(35(40)43)22-32(41)42)26-13-8-15-30(34(26)44-5)45-20-10-19-39(4)18-9-12-24-11-6-7-14-28(24)38;/h6-8,11,13-17,21,31,33H,9-10,12,18-20,22-23H2,1-5H3,(H,41,42);1H/t31-,33-;/m0./s1. The zero-order chi connectivity index (χ0) is 33.4. The molecule has 0 bridgehead atoms. The summed E-state index contributed by atoms with van der Waals surface area (Å²) in [5, 5.41) is 11.0. The molecule has 256 valence electrons. The van der Waals surface area contributed by atoms with Gasteiger partial charge >= 0.3 is 5.97 Å². The van der Waals surface area contributed by atoms with E-state index in [-0.39, 0.29) is 17.8 Å². The Kier molecular flexibility index (Phi) is 14.2. The number of aliphatic carboxylic acids is 1. The second-order valence-electron chi connectivity index (χ2n) is 12.9. The van der Waals surface area contributed by atoms with E-state index in [0.717, 1.165) is 42.9 Å². The first kappa shape index (κ1) is 38.4. The van der Waals surface area contributed by atoms with Crippen molar-refractivity contribution in [3.63, 3.8) is 0 Å². The van der Waals surface area contributed by atoms with Crippen LogP contribution < -0.4 is 14.4 Å². The highest BCUT2D eigenvalue weighted by Gasteiger charge is 2.40. The molecule has 0 saturated carbocycles. The third kappa shape index (κ3) is 10.5. The molecule has 0 spiro atoms. The summed E-state index contributed by atoms with van der Waals surface area (Å²) in [7, 11) is 3.65. The number of hydrogen-bond acceptors (Lipinski definition) is 6. The van der Waals surface area contributed by atoms with E-state index < -0.39 is 30.5 Å². The molecule has 0 aliphatic carbocycles. The molecular formula is C36H45Cl3N2O6. The first-order chi connectivity index (χ1) is 21.9. The minimum atomic E-state index is -1.22. The van der Waals surface area contributed by atoms with Crippen LogP contribution in [0, 0.1) is 5.41 Å².